The van der Waals surface area contributed by atoms with Gasteiger partial charge >= 0.3 is 0 Å². The summed E-state index contributed by atoms with van der Waals surface area (Å²) in [6.07, 6.45) is 0. The fraction of sp³-hybridized carbons (Fsp3) is 0. The van der Waals surface area contributed by atoms with E-state index in [1.165, 1.54) is 0 Å². The van der Waals surface area contributed by atoms with Gasteiger partial charge in [0, 0.05) is 32.3 Å². The molecule has 9 aromatic carbocycles. The summed E-state index contributed by atoms with van der Waals surface area (Å²) in [5, 5.41) is 23.8. The summed E-state index contributed by atoms with van der Waals surface area (Å²) in [4.78, 5) is 4.15. The van der Waals surface area contributed by atoms with E-state index in [2.05, 4.69) is 129 Å². The lowest BCUT2D eigenvalue weighted by Gasteiger charge is -2.15. The first-order chi connectivity index (χ1) is 28.7. The van der Waals surface area contributed by atoms with E-state index in [4.69, 9.17) is 15.4 Å². The predicted octanol–water partition coefficient (Wildman–Crippen LogP) is 14.4. The van der Waals surface area contributed by atoms with Gasteiger partial charge in [-0.2, -0.15) is 5.26 Å². The van der Waals surface area contributed by atoms with Gasteiger partial charge in [0.05, 0.1) is 56.3 Å². The van der Waals surface area contributed by atoms with Crippen molar-refractivity contribution in [1.29, 1.82) is 5.26 Å². The SMILES string of the molecule is [C-]#[N+]c1cc(-n2c3ccccc3c3c4oc5ccc6ccccc6c5c4ccc32)c(C#N)cc1-n1c2ccccc2c2c3oc4ccc5ccccc5c4c3ccc21. The first-order valence-electron chi connectivity index (χ1n) is 19.2. The fourth-order valence-electron chi connectivity index (χ4n) is 9.74. The monoisotopic (exact) mass is 738 g/mol. The van der Waals surface area contributed by atoms with Crippen LogP contribution in [0.5, 0.6) is 0 Å². The van der Waals surface area contributed by atoms with Gasteiger partial charge in [0.25, 0.3) is 0 Å². The number of nitrogens with zero attached hydrogens (tertiary/aromatic N) is 4. The summed E-state index contributed by atoms with van der Waals surface area (Å²) >= 11 is 0. The lowest BCUT2D eigenvalue weighted by atomic mass is 10.0. The van der Waals surface area contributed by atoms with Gasteiger partial charge < -0.3 is 18.0 Å². The highest BCUT2D eigenvalue weighted by atomic mass is 16.3. The molecule has 13 rings (SSSR count). The van der Waals surface area contributed by atoms with E-state index in [9.17, 15) is 5.26 Å². The first-order valence-corrected chi connectivity index (χ1v) is 19.2. The van der Waals surface area contributed by atoms with Crippen LogP contribution in [-0.4, -0.2) is 9.13 Å². The highest BCUT2D eigenvalue weighted by Gasteiger charge is 2.25. The van der Waals surface area contributed by atoms with E-state index in [-0.39, 0.29) is 0 Å². The standard InChI is InChI=1S/C52H26N4O2/c1-54-38-27-43(55-39-16-8-6-14-34(39)49-41(55)22-20-36-47-32-12-4-2-10-29(32)18-24-45(47)57-51(36)49)31(28-53)26-44(38)56-40-17-9-7-15-35(40)50-42(56)23-21-37-48-33-13-5-3-11-30(33)19-25-46(48)58-52(37)50/h2-27H. The number of para-hydroxylation sites is 2. The fourth-order valence-corrected chi connectivity index (χ4v) is 9.74. The van der Waals surface area contributed by atoms with Gasteiger partial charge in [0.1, 0.15) is 28.4 Å². The summed E-state index contributed by atoms with van der Waals surface area (Å²) < 4.78 is 17.7. The van der Waals surface area contributed by atoms with Gasteiger partial charge in [-0.3, -0.25) is 0 Å². The van der Waals surface area contributed by atoms with Crippen molar-refractivity contribution in [3.63, 3.8) is 0 Å². The van der Waals surface area contributed by atoms with Gasteiger partial charge in [0.2, 0.25) is 5.69 Å². The van der Waals surface area contributed by atoms with Crippen LogP contribution in [0.15, 0.2) is 167 Å². The zero-order valence-corrected chi connectivity index (χ0v) is 30.6. The highest BCUT2D eigenvalue weighted by Crippen LogP contribution is 2.46. The Morgan fingerprint density at radius 1 is 0.448 bits per heavy atom. The third-order valence-corrected chi connectivity index (χ3v) is 12.1. The van der Waals surface area contributed by atoms with Crippen LogP contribution in [0, 0.1) is 17.9 Å². The molecule has 0 saturated heterocycles. The molecule has 0 saturated carbocycles. The Morgan fingerprint density at radius 2 is 0.931 bits per heavy atom. The summed E-state index contributed by atoms with van der Waals surface area (Å²) in [7, 11) is 0. The molecule has 13 aromatic rings. The van der Waals surface area contributed by atoms with Crippen LogP contribution in [0.4, 0.5) is 5.69 Å². The van der Waals surface area contributed by atoms with Gasteiger partial charge in [0.15, 0.2) is 0 Å². The molecule has 6 heteroatoms. The number of benzene rings is 9. The quantitative estimate of drug-likeness (QED) is 0.166. The van der Waals surface area contributed by atoms with Crippen molar-refractivity contribution in [3.05, 3.63) is 175 Å². The summed E-state index contributed by atoms with van der Waals surface area (Å²) in [5.41, 5.74) is 9.05. The molecule has 0 N–H and O–H groups in total. The first kappa shape index (κ1) is 30.9. The Labute approximate surface area is 329 Å². The Hall–Kier alpha value is -8.32. The maximum atomic E-state index is 11.0. The largest absolute Gasteiger partial charge is 0.455 e. The van der Waals surface area contributed by atoms with E-state index >= 15 is 0 Å². The van der Waals surface area contributed by atoms with Gasteiger partial charge in [-0.05, 0) is 82.2 Å². The van der Waals surface area contributed by atoms with Crippen molar-refractivity contribution in [2.24, 2.45) is 0 Å². The third kappa shape index (κ3) is 3.88. The average Bonchev–Trinajstić information content (AvgIpc) is 4.03. The minimum absolute atomic E-state index is 0.426. The van der Waals surface area contributed by atoms with E-state index in [1.54, 1.807) is 0 Å². The number of hydrogen-bond donors (Lipinski definition) is 0. The Kier molecular flexibility index (Phi) is 5.94. The molecule has 6 nitrogen and oxygen atoms in total. The minimum atomic E-state index is 0.426. The molecule has 0 aliphatic heterocycles. The van der Waals surface area contributed by atoms with Gasteiger partial charge in [-0.15, -0.1) is 0 Å². The molecular formula is C52H26N4O2. The van der Waals surface area contributed by atoms with E-state index in [1.807, 2.05) is 48.5 Å². The lowest BCUT2D eigenvalue weighted by molar-refractivity contribution is 0.673. The van der Waals surface area contributed by atoms with Crippen LogP contribution < -0.4 is 0 Å². The Morgan fingerprint density at radius 3 is 1.45 bits per heavy atom. The summed E-state index contributed by atoms with van der Waals surface area (Å²) in [6.45, 7) is 8.58. The van der Waals surface area contributed by atoms with Crippen LogP contribution in [0.2, 0.25) is 0 Å². The molecule has 0 radical (unpaired) electrons. The average molecular weight is 739 g/mol. The molecule has 4 heterocycles. The van der Waals surface area contributed by atoms with Crippen LogP contribution in [0.1, 0.15) is 5.56 Å². The van der Waals surface area contributed by atoms with Crippen molar-refractivity contribution < 1.29 is 8.83 Å². The molecule has 0 aliphatic carbocycles. The molecule has 266 valence electrons. The van der Waals surface area contributed by atoms with Crippen LogP contribution in [-0.2, 0) is 0 Å². The second-order valence-corrected chi connectivity index (χ2v) is 15.0. The van der Waals surface area contributed by atoms with Crippen LogP contribution >= 0.6 is 0 Å². The normalized spacial score (nSPS) is 12.1. The van der Waals surface area contributed by atoms with Gasteiger partial charge in [-0.1, -0.05) is 97.1 Å². The molecule has 0 fully saturated rings. The minimum Gasteiger partial charge on any atom is -0.455 e. The number of hydrogen-bond acceptors (Lipinski definition) is 3. The maximum Gasteiger partial charge on any atom is 0.212 e. The Bertz CT molecular complexity index is 3800. The predicted molar refractivity (Wildman–Crippen MR) is 236 cm³/mol. The van der Waals surface area contributed by atoms with Gasteiger partial charge in [-0.25, -0.2) is 4.85 Å². The zero-order valence-electron chi connectivity index (χ0n) is 30.6. The second-order valence-electron chi connectivity index (χ2n) is 15.0. The number of rotatable bonds is 2. The second kappa shape index (κ2) is 11.1. The molecule has 0 bridgehead atoms. The van der Waals surface area contributed by atoms with Crippen molar-refractivity contribution in [2.75, 3.05) is 0 Å². The van der Waals surface area contributed by atoms with E-state index < -0.39 is 0 Å². The Balaban J connectivity index is 1.09. The highest BCUT2D eigenvalue weighted by molar-refractivity contribution is 6.29. The number of fused-ring (bicyclic) bond motifs is 18. The maximum absolute atomic E-state index is 11.0. The topological polar surface area (TPSA) is 64.3 Å². The summed E-state index contributed by atoms with van der Waals surface area (Å²) in [5.74, 6) is 0. The van der Waals surface area contributed by atoms with Crippen molar-refractivity contribution in [3.8, 4) is 17.4 Å². The molecule has 0 atom stereocenters. The molecule has 4 aromatic heterocycles. The molecule has 0 unspecified atom stereocenters. The summed E-state index contributed by atoms with van der Waals surface area (Å²) in [6, 6.07) is 56.3. The van der Waals surface area contributed by atoms with Crippen LogP contribution in [0.25, 0.3) is 125 Å². The number of furan rings is 2. The molecule has 0 amide bonds. The third-order valence-electron chi connectivity index (χ3n) is 12.1. The molecular weight excluding hydrogens is 713 g/mol. The molecule has 58 heavy (non-hydrogen) atoms. The number of aromatic nitrogens is 2. The van der Waals surface area contributed by atoms with E-state index in [0.29, 0.717) is 22.6 Å². The number of nitriles is 1. The van der Waals surface area contributed by atoms with Crippen molar-refractivity contribution in [1.82, 2.24) is 9.13 Å². The smallest absolute Gasteiger partial charge is 0.212 e. The molecule has 0 spiro atoms. The van der Waals surface area contributed by atoms with Crippen molar-refractivity contribution >= 4 is 115 Å². The lowest BCUT2D eigenvalue weighted by Crippen LogP contribution is -2.01. The van der Waals surface area contributed by atoms with E-state index in [0.717, 1.165) is 109 Å². The zero-order chi connectivity index (χ0) is 38.2. The van der Waals surface area contributed by atoms with Crippen molar-refractivity contribution in [2.45, 2.75) is 0 Å². The van der Waals surface area contributed by atoms with Crippen LogP contribution in [0.3, 0.4) is 0 Å². The molecule has 0 aliphatic rings.